The van der Waals surface area contributed by atoms with Crippen LogP contribution in [0, 0.1) is 5.92 Å². The van der Waals surface area contributed by atoms with Crippen LogP contribution in [0.25, 0.3) is 11.3 Å². The highest BCUT2D eigenvalue weighted by Gasteiger charge is 2.42. The van der Waals surface area contributed by atoms with Crippen molar-refractivity contribution in [3.05, 3.63) is 60.3 Å². The van der Waals surface area contributed by atoms with Gasteiger partial charge in [-0.25, -0.2) is 13.1 Å². The van der Waals surface area contributed by atoms with Gasteiger partial charge in [-0.15, -0.1) is 0 Å². The van der Waals surface area contributed by atoms with Crippen molar-refractivity contribution in [3.63, 3.8) is 0 Å². The lowest BCUT2D eigenvalue weighted by molar-refractivity contribution is 0.0306. The molecule has 186 valence electrons. The summed E-state index contributed by atoms with van der Waals surface area (Å²) in [7, 11) is 1.25. The Morgan fingerprint density at radius 3 is 2.57 bits per heavy atom. The number of fused-ring (bicyclic) bond motifs is 3. The molecule has 4 heterocycles. The Bertz CT molecular complexity index is 1290. The highest BCUT2D eigenvalue weighted by Crippen LogP contribution is 2.42. The zero-order chi connectivity index (χ0) is 24.6. The summed E-state index contributed by atoms with van der Waals surface area (Å²) in [5.41, 5.74) is 3.37. The fraction of sp³-hybridized carbons (Fsp3) is 0.423. The maximum absolute atomic E-state index is 13.1. The molecular weight excluding hydrogens is 464 g/mol. The molecule has 1 N–H and O–H groups in total. The highest BCUT2D eigenvalue weighted by atomic mass is 32.2. The van der Waals surface area contributed by atoms with E-state index >= 15 is 0 Å². The van der Waals surface area contributed by atoms with Crippen molar-refractivity contribution in [3.8, 4) is 22.8 Å². The van der Waals surface area contributed by atoms with Crippen LogP contribution in [0.4, 0.5) is 0 Å². The van der Waals surface area contributed by atoms with E-state index in [-0.39, 0.29) is 10.9 Å². The van der Waals surface area contributed by atoms with Crippen LogP contribution in [-0.2, 0) is 17.1 Å². The fourth-order valence-electron chi connectivity index (χ4n) is 5.54. The first-order valence-electron chi connectivity index (χ1n) is 11.9. The molecule has 0 aliphatic carbocycles. The van der Waals surface area contributed by atoms with Crippen molar-refractivity contribution in [2.24, 2.45) is 13.0 Å². The van der Waals surface area contributed by atoms with Crippen LogP contribution in [0.3, 0.4) is 0 Å². The van der Waals surface area contributed by atoms with Crippen LogP contribution in [0.5, 0.6) is 11.5 Å². The Balaban J connectivity index is 1.29. The minimum absolute atomic E-state index is 0.0940. The molecule has 0 saturated carbocycles. The first-order valence-corrected chi connectivity index (χ1v) is 13.4. The van der Waals surface area contributed by atoms with Crippen LogP contribution in [0.2, 0.25) is 0 Å². The second-order valence-corrected chi connectivity index (χ2v) is 11.1. The van der Waals surface area contributed by atoms with Gasteiger partial charge in [0.1, 0.15) is 16.4 Å². The van der Waals surface area contributed by atoms with Gasteiger partial charge in [0.05, 0.1) is 19.9 Å². The van der Waals surface area contributed by atoms with E-state index < -0.39 is 10.0 Å². The van der Waals surface area contributed by atoms with Crippen LogP contribution < -0.4 is 14.2 Å². The maximum Gasteiger partial charge on any atom is 0.244 e. The number of benzene rings is 2. The molecule has 1 unspecified atom stereocenters. The van der Waals surface area contributed by atoms with Gasteiger partial charge in [0, 0.05) is 49.4 Å². The Kier molecular flexibility index (Phi) is 6.57. The van der Waals surface area contributed by atoms with Crippen molar-refractivity contribution >= 4 is 10.0 Å². The predicted molar refractivity (Wildman–Crippen MR) is 134 cm³/mol. The van der Waals surface area contributed by atoms with E-state index in [1.165, 1.54) is 26.0 Å². The van der Waals surface area contributed by atoms with E-state index in [4.69, 9.17) is 14.6 Å². The van der Waals surface area contributed by atoms with Gasteiger partial charge in [-0.2, -0.15) is 5.10 Å². The van der Waals surface area contributed by atoms with E-state index in [1.54, 1.807) is 12.1 Å². The molecule has 8 nitrogen and oxygen atoms in total. The lowest BCUT2D eigenvalue weighted by Crippen LogP contribution is -2.56. The Morgan fingerprint density at radius 2 is 1.89 bits per heavy atom. The first kappa shape index (κ1) is 23.8. The lowest BCUT2D eigenvalue weighted by atomic mass is 9.74. The average molecular weight is 497 g/mol. The number of methoxy groups -OCH3 is 2. The summed E-state index contributed by atoms with van der Waals surface area (Å²) in [6.07, 6.45) is 2.07. The number of aryl methyl sites for hydroxylation is 1. The lowest BCUT2D eigenvalue weighted by Gasteiger charge is -2.49. The molecule has 3 aliphatic rings. The fourth-order valence-corrected chi connectivity index (χ4v) is 6.80. The van der Waals surface area contributed by atoms with Crippen molar-refractivity contribution in [1.82, 2.24) is 19.4 Å². The number of rotatable bonds is 8. The third kappa shape index (κ3) is 4.68. The predicted octanol–water partition coefficient (Wildman–Crippen LogP) is 3.26. The largest absolute Gasteiger partial charge is 0.497 e. The number of hydrogen-bond donors (Lipinski definition) is 1. The molecular formula is C26H32N4O4S. The smallest absolute Gasteiger partial charge is 0.244 e. The van der Waals surface area contributed by atoms with Crippen molar-refractivity contribution in [1.29, 1.82) is 0 Å². The van der Waals surface area contributed by atoms with Crippen LogP contribution in [0.15, 0.2) is 59.5 Å². The maximum atomic E-state index is 13.1. The minimum Gasteiger partial charge on any atom is -0.497 e. The van der Waals surface area contributed by atoms with Crippen molar-refractivity contribution in [2.75, 3.05) is 33.9 Å². The molecule has 0 radical (unpaired) electrons. The number of nitrogens with one attached hydrogen (secondary N) is 1. The number of nitrogens with zero attached hydrogens (tertiary/aromatic N) is 3. The number of hydrogen-bond acceptors (Lipinski definition) is 6. The second-order valence-electron chi connectivity index (χ2n) is 9.35. The molecule has 35 heavy (non-hydrogen) atoms. The molecule has 1 aromatic heterocycles. The van der Waals surface area contributed by atoms with E-state index in [0.29, 0.717) is 29.9 Å². The normalized spacial score (nSPS) is 23.9. The van der Waals surface area contributed by atoms with E-state index in [2.05, 4.69) is 27.8 Å². The summed E-state index contributed by atoms with van der Waals surface area (Å²) in [6, 6.07) is 17.4. The second kappa shape index (κ2) is 9.64. The van der Waals surface area contributed by atoms with Crippen molar-refractivity contribution in [2.45, 2.75) is 29.7 Å². The molecule has 2 aromatic carbocycles. The first-order chi connectivity index (χ1) is 16.9. The summed E-state index contributed by atoms with van der Waals surface area (Å²) in [4.78, 5) is 2.52. The average Bonchev–Trinajstić information content (AvgIpc) is 3.29. The van der Waals surface area contributed by atoms with E-state index in [1.807, 2.05) is 29.9 Å². The quantitative estimate of drug-likeness (QED) is 0.515. The molecule has 4 atom stereocenters. The summed E-state index contributed by atoms with van der Waals surface area (Å²) >= 11 is 0. The van der Waals surface area contributed by atoms with Gasteiger partial charge in [-0.3, -0.25) is 9.58 Å². The third-order valence-electron chi connectivity index (χ3n) is 7.41. The molecule has 3 aromatic rings. The number of ether oxygens (including phenoxy) is 2. The molecule has 0 amide bonds. The number of aromatic nitrogens is 2. The SMILES string of the molecule is COc1ccc(OC)c(S(=O)(=O)NC[C@H]2C[C@@H]3CCN2C[C@H]3c2cc(-c3ccccc3)nn2C)c1. The molecule has 2 bridgehead atoms. The van der Waals surface area contributed by atoms with Gasteiger partial charge in [0.15, 0.2) is 0 Å². The van der Waals surface area contributed by atoms with E-state index in [0.717, 1.165) is 37.2 Å². The summed E-state index contributed by atoms with van der Waals surface area (Å²) in [5, 5.41) is 4.78. The van der Waals surface area contributed by atoms with Gasteiger partial charge in [0.2, 0.25) is 10.0 Å². The van der Waals surface area contributed by atoms with Gasteiger partial charge in [0.25, 0.3) is 0 Å². The van der Waals surface area contributed by atoms with Crippen molar-refractivity contribution < 1.29 is 17.9 Å². The van der Waals surface area contributed by atoms with Gasteiger partial charge >= 0.3 is 0 Å². The zero-order valence-corrected chi connectivity index (χ0v) is 21.2. The number of piperidine rings is 3. The topological polar surface area (TPSA) is 85.7 Å². The molecule has 3 saturated heterocycles. The number of sulfonamides is 1. The minimum atomic E-state index is -3.75. The Morgan fingerprint density at radius 1 is 1.09 bits per heavy atom. The van der Waals surface area contributed by atoms with Crippen LogP contribution >= 0.6 is 0 Å². The monoisotopic (exact) mass is 496 g/mol. The molecule has 3 fully saturated rings. The van der Waals surface area contributed by atoms with Gasteiger partial charge in [-0.05, 0) is 43.5 Å². The third-order valence-corrected chi connectivity index (χ3v) is 8.86. The standard InChI is InChI=1S/C26H32N4O4S/c1-29-24(15-23(28-29)18-7-5-4-6-8-18)22-17-30-12-11-19(22)13-20(30)16-27-35(31,32)26-14-21(33-2)9-10-25(26)34-3/h4-10,14-15,19-20,22,27H,11-13,16-17H2,1-3H3/t19-,20+,22+/m0/s1. The summed E-state index contributed by atoms with van der Waals surface area (Å²) in [5.74, 6) is 1.67. The zero-order valence-electron chi connectivity index (χ0n) is 20.3. The Labute approximate surface area is 206 Å². The summed E-state index contributed by atoms with van der Waals surface area (Å²) < 4.78 is 41.6. The molecule has 9 heteroatoms. The van der Waals surface area contributed by atoms with Gasteiger partial charge < -0.3 is 9.47 Å². The molecule has 3 aliphatic heterocycles. The molecule has 0 spiro atoms. The summed E-state index contributed by atoms with van der Waals surface area (Å²) in [6.45, 7) is 2.26. The molecule has 6 rings (SSSR count). The van der Waals surface area contributed by atoms with Crippen LogP contribution in [0.1, 0.15) is 24.5 Å². The van der Waals surface area contributed by atoms with Gasteiger partial charge in [-0.1, -0.05) is 30.3 Å². The Hall–Kier alpha value is -2.88. The highest BCUT2D eigenvalue weighted by molar-refractivity contribution is 7.89. The van der Waals surface area contributed by atoms with E-state index in [9.17, 15) is 8.42 Å². The van der Waals surface area contributed by atoms with Crippen LogP contribution in [-0.4, -0.2) is 63.0 Å².